The number of hydrogen-bond acceptors (Lipinski definition) is 3. The summed E-state index contributed by atoms with van der Waals surface area (Å²) in [6.07, 6.45) is 2.19. The van der Waals surface area contributed by atoms with Gasteiger partial charge in [-0.25, -0.2) is 10.2 Å². The summed E-state index contributed by atoms with van der Waals surface area (Å²) in [6.45, 7) is 1.71. The van der Waals surface area contributed by atoms with Gasteiger partial charge in [0.25, 0.3) is 0 Å². The van der Waals surface area contributed by atoms with Crippen molar-refractivity contribution in [3.8, 4) is 0 Å². The molecule has 0 aromatic carbocycles. The molecule has 1 heterocycles. The van der Waals surface area contributed by atoms with E-state index in [9.17, 15) is 0 Å². The van der Waals surface area contributed by atoms with Crippen LogP contribution in [0.4, 0.5) is 0 Å². The standard InChI is InChI=1S/C3H3N2O.Y/c1-3-5-4-2-6-3;/h1H3;/q-1;. The molecule has 0 atom stereocenters. The predicted molar refractivity (Wildman–Crippen MR) is 17.9 cm³/mol. The van der Waals surface area contributed by atoms with Gasteiger partial charge in [-0.05, 0) is 0 Å². The van der Waals surface area contributed by atoms with Gasteiger partial charge in [0.05, 0.1) is 12.3 Å². The molecule has 0 saturated heterocycles. The molecular weight excluding hydrogens is 169 g/mol. The van der Waals surface area contributed by atoms with Crippen molar-refractivity contribution < 1.29 is 37.1 Å². The summed E-state index contributed by atoms with van der Waals surface area (Å²) >= 11 is 0. The molecule has 0 N–H and O–H groups in total. The minimum Gasteiger partial charge on any atom is -0.613 e. The Bertz CT molecular complexity index is 116. The molecule has 0 spiro atoms. The smallest absolute Gasteiger partial charge is 0.0550 e. The van der Waals surface area contributed by atoms with Crippen molar-refractivity contribution in [2.75, 3.05) is 0 Å². The maximum atomic E-state index is 4.49. The second kappa shape index (κ2) is 3.27. The molecule has 4 heteroatoms. The third-order valence-corrected chi connectivity index (χ3v) is 0.425. The zero-order valence-corrected chi connectivity index (χ0v) is 6.72. The van der Waals surface area contributed by atoms with E-state index in [2.05, 4.69) is 21.0 Å². The number of aromatic nitrogens is 2. The molecule has 3 nitrogen and oxygen atoms in total. The van der Waals surface area contributed by atoms with E-state index in [1.54, 1.807) is 6.92 Å². The maximum absolute atomic E-state index is 4.49. The van der Waals surface area contributed by atoms with Crippen LogP contribution in [0.2, 0.25) is 0 Å². The van der Waals surface area contributed by atoms with E-state index in [4.69, 9.17) is 0 Å². The van der Waals surface area contributed by atoms with Gasteiger partial charge in [0.15, 0.2) is 0 Å². The fourth-order valence-corrected chi connectivity index (χ4v) is 0.198. The van der Waals surface area contributed by atoms with E-state index >= 15 is 0 Å². The predicted octanol–water partition coefficient (Wildman–Crippen LogP) is 0.176. The monoisotopic (exact) mass is 172 g/mol. The van der Waals surface area contributed by atoms with Gasteiger partial charge in [0.1, 0.15) is 0 Å². The molecule has 0 fully saturated rings. The Balaban J connectivity index is 0.000000360. The number of hydrogen-bond donors (Lipinski definition) is 0. The molecule has 0 aliphatic rings. The van der Waals surface area contributed by atoms with Gasteiger partial charge in [0, 0.05) is 32.7 Å². The van der Waals surface area contributed by atoms with Crippen LogP contribution < -0.4 is 0 Å². The first-order chi connectivity index (χ1) is 2.89. The van der Waals surface area contributed by atoms with Crippen molar-refractivity contribution in [3.05, 3.63) is 12.3 Å². The molecule has 0 amide bonds. The van der Waals surface area contributed by atoms with Gasteiger partial charge in [-0.2, -0.15) is 0 Å². The van der Waals surface area contributed by atoms with Crippen LogP contribution in [0.1, 0.15) is 5.89 Å². The van der Waals surface area contributed by atoms with Crippen LogP contribution in [0.25, 0.3) is 0 Å². The van der Waals surface area contributed by atoms with Crippen LogP contribution in [0.15, 0.2) is 4.42 Å². The summed E-state index contributed by atoms with van der Waals surface area (Å²) in [5.74, 6) is 0.551. The molecular formula is C3H3N2OY-. The van der Waals surface area contributed by atoms with Crippen LogP contribution in [0.5, 0.6) is 0 Å². The van der Waals surface area contributed by atoms with Gasteiger partial charge in [-0.3, -0.25) is 0 Å². The van der Waals surface area contributed by atoms with Gasteiger partial charge in [-0.15, -0.1) is 0 Å². The van der Waals surface area contributed by atoms with E-state index < -0.39 is 0 Å². The van der Waals surface area contributed by atoms with E-state index in [-0.39, 0.29) is 32.7 Å². The zero-order chi connectivity index (χ0) is 4.41. The van der Waals surface area contributed by atoms with Crippen LogP contribution in [-0.2, 0) is 32.7 Å². The van der Waals surface area contributed by atoms with Crippen molar-refractivity contribution in [2.24, 2.45) is 0 Å². The van der Waals surface area contributed by atoms with E-state index in [1.165, 1.54) is 0 Å². The summed E-state index contributed by atoms with van der Waals surface area (Å²) < 4.78 is 4.49. The summed E-state index contributed by atoms with van der Waals surface area (Å²) in [5.41, 5.74) is 0. The third-order valence-electron chi connectivity index (χ3n) is 0.425. The summed E-state index contributed by atoms with van der Waals surface area (Å²) in [7, 11) is 0. The Morgan fingerprint density at radius 1 is 1.71 bits per heavy atom. The zero-order valence-electron chi connectivity index (χ0n) is 3.88. The Morgan fingerprint density at radius 3 is 2.57 bits per heavy atom. The molecule has 0 unspecified atom stereocenters. The fraction of sp³-hybridized carbons (Fsp3) is 0.333. The first kappa shape index (κ1) is 7.24. The number of rotatable bonds is 0. The van der Waals surface area contributed by atoms with Gasteiger partial charge in [-0.1, -0.05) is 6.92 Å². The third kappa shape index (κ3) is 2.14. The van der Waals surface area contributed by atoms with Crippen molar-refractivity contribution in [2.45, 2.75) is 6.92 Å². The van der Waals surface area contributed by atoms with E-state index in [0.717, 1.165) is 0 Å². The second-order valence-corrected chi connectivity index (χ2v) is 0.912. The minimum atomic E-state index is 0. The SMILES string of the molecule is Cc1nn[c-]o1.[Y]. The van der Waals surface area contributed by atoms with Crippen molar-refractivity contribution in [1.82, 2.24) is 10.2 Å². The second-order valence-electron chi connectivity index (χ2n) is 0.912. The molecule has 1 radical (unpaired) electrons. The summed E-state index contributed by atoms with van der Waals surface area (Å²) in [4.78, 5) is 0. The van der Waals surface area contributed by atoms with Crippen LogP contribution >= 0.6 is 0 Å². The molecule has 0 aliphatic heterocycles. The molecule has 0 saturated carbocycles. The molecule has 1 aromatic heterocycles. The largest absolute Gasteiger partial charge is 0.613 e. The first-order valence-electron chi connectivity index (χ1n) is 1.56. The van der Waals surface area contributed by atoms with Gasteiger partial charge >= 0.3 is 0 Å². The molecule has 7 heavy (non-hydrogen) atoms. The minimum absolute atomic E-state index is 0. The Kier molecular flexibility index (Phi) is 3.39. The van der Waals surface area contributed by atoms with Gasteiger partial charge in [0.2, 0.25) is 0 Å². The number of nitrogens with zero attached hydrogens (tertiary/aromatic N) is 2. The molecule has 1 aromatic rings. The summed E-state index contributed by atoms with van der Waals surface area (Å²) in [5, 5.41) is 6.72. The molecule has 0 bridgehead atoms. The van der Waals surface area contributed by atoms with Crippen LogP contribution in [-0.4, -0.2) is 10.2 Å². The summed E-state index contributed by atoms with van der Waals surface area (Å²) in [6, 6.07) is 0. The Morgan fingerprint density at radius 2 is 2.43 bits per heavy atom. The van der Waals surface area contributed by atoms with Crippen molar-refractivity contribution in [3.63, 3.8) is 0 Å². The van der Waals surface area contributed by atoms with E-state index in [0.29, 0.717) is 5.89 Å². The molecule has 0 aliphatic carbocycles. The average Bonchev–Trinajstić information content (AvgIpc) is 1.86. The average molecular weight is 172 g/mol. The van der Waals surface area contributed by atoms with Crippen molar-refractivity contribution in [1.29, 1.82) is 0 Å². The number of aryl methyl sites for hydroxylation is 1. The van der Waals surface area contributed by atoms with Crippen molar-refractivity contribution >= 4 is 0 Å². The van der Waals surface area contributed by atoms with Gasteiger partial charge < -0.3 is 4.42 Å². The van der Waals surface area contributed by atoms with Crippen LogP contribution in [0, 0.1) is 13.3 Å². The first-order valence-corrected chi connectivity index (χ1v) is 1.56. The fourth-order valence-electron chi connectivity index (χ4n) is 0.198. The van der Waals surface area contributed by atoms with Crippen LogP contribution in [0.3, 0.4) is 0 Å². The topological polar surface area (TPSA) is 38.9 Å². The van der Waals surface area contributed by atoms with E-state index in [1.807, 2.05) is 0 Å². The molecule has 35 valence electrons. The Labute approximate surface area is 66.4 Å². The normalized spacial score (nSPS) is 7.57. The maximum Gasteiger partial charge on any atom is 0.0550 e. The Hall–Kier alpha value is 0.244. The molecule has 1 rings (SSSR count). The quantitative estimate of drug-likeness (QED) is 0.523.